The summed E-state index contributed by atoms with van der Waals surface area (Å²) < 4.78 is 11.4. The molecule has 0 fully saturated rings. The van der Waals surface area contributed by atoms with E-state index in [2.05, 4.69) is 24.7 Å². The Balaban J connectivity index is 1.86. The maximum atomic E-state index is 12.2. The van der Waals surface area contributed by atoms with E-state index in [-0.39, 0.29) is 12.5 Å². The number of nitrogens with one attached hydrogen (secondary N) is 2. The molecule has 0 aliphatic carbocycles. The van der Waals surface area contributed by atoms with Gasteiger partial charge in [-0.05, 0) is 61.9 Å². The van der Waals surface area contributed by atoms with Crippen molar-refractivity contribution in [3.8, 4) is 11.5 Å². The Hall–Kier alpha value is -3.02. The van der Waals surface area contributed by atoms with Crippen LogP contribution in [0.25, 0.3) is 0 Å². The van der Waals surface area contributed by atoms with Gasteiger partial charge >= 0.3 is 0 Å². The Bertz CT molecular complexity index is 857. The first-order valence-corrected chi connectivity index (χ1v) is 9.74. The first-order valence-electron chi connectivity index (χ1n) is 9.74. The number of amides is 2. The van der Waals surface area contributed by atoms with E-state index < -0.39 is 17.9 Å². The number of ether oxygens (including phenoxy) is 2. The molecule has 2 aromatic carbocycles. The van der Waals surface area contributed by atoms with E-state index in [1.54, 1.807) is 6.92 Å². The maximum absolute atomic E-state index is 12.2. The summed E-state index contributed by atoms with van der Waals surface area (Å²) in [7, 11) is 0. The lowest BCUT2D eigenvalue weighted by atomic mass is 10.0. The molecule has 0 aliphatic heterocycles. The summed E-state index contributed by atoms with van der Waals surface area (Å²) in [5.41, 5.74) is 8.72. The van der Waals surface area contributed by atoms with Crippen molar-refractivity contribution in [2.75, 3.05) is 6.61 Å². The average molecular weight is 399 g/mol. The minimum atomic E-state index is -0.764. The third-order valence-electron chi connectivity index (χ3n) is 4.55. The number of hydrazine groups is 1. The van der Waals surface area contributed by atoms with Gasteiger partial charge in [0.15, 0.2) is 12.7 Å². The molecule has 0 spiro atoms. The molecule has 2 N–H and O–H groups in total. The standard InChI is InChI=1S/C23H30N2O4/c1-14(2)19-11-10-15(3)12-20(19)28-13-21(26)24-25-23(27)18(6)29-22-16(4)8-7-9-17(22)5/h7-12,14,18H,13H2,1-6H3,(H,24,26)(H,25,27). The highest BCUT2D eigenvalue weighted by atomic mass is 16.5. The largest absolute Gasteiger partial charge is 0.483 e. The van der Waals surface area contributed by atoms with Crippen molar-refractivity contribution >= 4 is 11.8 Å². The third-order valence-corrected chi connectivity index (χ3v) is 4.55. The van der Waals surface area contributed by atoms with Crippen molar-refractivity contribution < 1.29 is 19.1 Å². The molecule has 0 saturated heterocycles. The first kappa shape index (κ1) is 22.3. The fourth-order valence-corrected chi connectivity index (χ4v) is 2.87. The van der Waals surface area contributed by atoms with Gasteiger partial charge in [0.25, 0.3) is 11.8 Å². The van der Waals surface area contributed by atoms with Crippen LogP contribution in [-0.2, 0) is 9.59 Å². The average Bonchev–Trinajstić information content (AvgIpc) is 2.67. The molecule has 0 saturated carbocycles. The maximum Gasteiger partial charge on any atom is 0.279 e. The lowest BCUT2D eigenvalue weighted by molar-refractivity contribution is -0.133. The molecular formula is C23H30N2O4. The molecule has 0 bridgehead atoms. The smallest absolute Gasteiger partial charge is 0.279 e. The highest BCUT2D eigenvalue weighted by Crippen LogP contribution is 2.27. The second-order valence-corrected chi connectivity index (χ2v) is 7.50. The second-order valence-electron chi connectivity index (χ2n) is 7.50. The third kappa shape index (κ3) is 6.24. The summed E-state index contributed by atoms with van der Waals surface area (Å²) in [6.07, 6.45) is -0.764. The van der Waals surface area contributed by atoms with Gasteiger partial charge in [0.1, 0.15) is 11.5 Å². The SMILES string of the molecule is Cc1ccc(C(C)C)c(OCC(=O)NNC(=O)C(C)Oc2c(C)cccc2C)c1. The van der Waals surface area contributed by atoms with Crippen molar-refractivity contribution in [2.24, 2.45) is 0 Å². The van der Waals surface area contributed by atoms with Crippen LogP contribution in [0.3, 0.4) is 0 Å². The van der Waals surface area contributed by atoms with Crippen molar-refractivity contribution in [1.29, 1.82) is 0 Å². The molecule has 0 heterocycles. The molecule has 2 aromatic rings. The van der Waals surface area contributed by atoms with Crippen molar-refractivity contribution in [3.05, 3.63) is 58.7 Å². The Morgan fingerprint density at radius 3 is 2.24 bits per heavy atom. The van der Waals surface area contributed by atoms with Crippen LogP contribution in [0.15, 0.2) is 36.4 Å². The summed E-state index contributed by atoms with van der Waals surface area (Å²) in [6, 6.07) is 11.7. The molecule has 6 heteroatoms. The molecular weight excluding hydrogens is 368 g/mol. The quantitative estimate of drug-likeness (QED) is 0.697. The van der Waals surface area contributed by atoms with Gasteiger partial charge in [-0.25, -0.2) is 0 Å². The van der Waals surface area contributed by atoms with E-state index in [9.17, 15) is 9.59 Å². The fraction of sp³-hybridized carbons (Fsp3) is 0.391. The van der Waals surface area contributed by atoms with Gasteiger partial charge in [0.05, 0.1) is 0 Å². The van der Waals surface area contributed by atoms with Crippen LogP contribution < -0.4 is 20.3 Å². The molecule has 0 radical (unpaired) electrons. The van der Waals surface area contributed by atoms with E-state index in [0.29, 0.717) is 11.5 Å². The Morgan fingerprint density at radius 1 is 0.966 bits per heavy atom. The predicted octanol–water partition coefficient (Wildman–Crippen LogP) is 3.73. The molecule has 6 nitrogen and oxygen atoms in total. The van der Waals surface area contributed by atoms with Crippen LogP contribution in [0.1, 0.15) is 48.9 Å². The Labute approximate surface area is 172 Å². The number of carbonyl (C=O) groups is 2. The summed E-state index contributed by atoms with van der Waals surface area (Å²) in [4.78, 5) is 24.3. The number of hydrogen-bond donors (Lipinski definition) is 2. The van der Waals surface area contributed by atoms with Crippen LogP contribution in [-0.4, -0.2) is 24.5 Å². The number of hydrogen-bond acceptors (Lipinski definition) is 4. The first-order chi connectivity index (χ1) is 13.7. The summed E-state index contributed by atoms with van der Waals surface area (Å²) in [6.45, 7) is 11.4. The minimum Gasteiger partial charge on any atom is -0.483 e. The van der Waals surface area contributed by atoms with E-state index in [0.717, 1.165) is 22.3 Å². The monoisotopic (exact) mass is 398 g/mol. The topological polar surface area (TPSA) is 76.7 Å². The van der Waals surface area contributed by atoms with Crippen LogP contribution in [0.5, 0.6) is 11.5 Å². The van der Waals surface area contributed by atoms with E-state index >= 15 is 0 Å². The van der Waals surface area contributed by atoms with Gasteiger partial charge in [0.2, 0.25) is 0 Å². The fourth-order valence-electron chi connectivity index (χ4n) is 2.87. The lowest BCUT2D eigenvalue weighted by Gasteiger charge is -2.18. The van der Waals surface area contributed by atoms with Gasteiger partial charge in [0, 0.05) is 0 Å². The van der Waals surface area contributed by atoms with Crippen molar-refractivity contribution in [3.63, 3.8) is 0 Å². The number of para-hydroxylation sites is 1. The Kier molecular flexibility index (Phi) is 7.65. The lowest BCUT2D eigenvalue weighted by Crippen LogP contribution is -2.48. The number of aryl methyl sites for hydroxylation is 3. The van der Waals surface area contributed by atoms with Crippen molar-refractivity contribution in [1.82, 2.24) is 10.9 Å². The predicted molar refractivity (Wildman–Crippen MR) is 113 cm³/mol. The zero-order chi connectivity index (χ0) is 21.6. The van der Waals surface area contributed by atoms with E-state index in [1.807, 2.05) is 57.2 Å². The zero-order valence-corrected chi connectivity index (χ0v) is 18.0. The van der Waals surface area contributed by atoms with Crippen LogP contribution in [0, 0.1) is 20.8 Å². The molecule has 0 aromatic heterocycles. The molecule has 0 aliphatic rings. The molecule has 29 heavy (non-hydrogen) atoms. The minimum absolute atomic E-state index is 0.199. The number of rotatable bonds is 7. The zero-order valence-electron chi connectivity index (χ0n) is 18.0. The molecule has 2 rings (SSSR count). The summed E-state index contributed by atoms with van der Waals surface area (Å²) >= 11 is 0. The van der Waals surface area contributed by atoms with Gasteiger partial charge in [-0.15, -0.1) is 0 Å². The highest BCUT2D eigenvalue weighted by Gasteiger charge is 2.18. The number of carbonyl (C=O) groups excluding carboxylic acids is 2. The molecule has 2 amide bonds. The molecule has 1 atom stereocenters. The highest BCUT2D eigenvalue weighted by molar-refractivity contribution is 5.85. The molecule has 156 valence electrons. The molecule has 1 unspecified atom stereocenters. The van der Waals surface area contributed by atoms with Crippen molar-refractivity contribution in [2.45, 2.75) is 53.6 Å². The summed E-state index contributed by atoms with van der Waals surface area (Å²) in [5, 5.41) is 0. The van der Waals surface area contributed by atoms with Crippen LogP contribution in [0.2, 0.25) is 0 Å². The van der Waals surface area contributed by atoms with Gasteiger partial charge in [-0.3, -0.25) is 20.4 Å². The van der Waals surface area contributed by atoms with E-state index in [1.165, 1.54) is 0 Å². The van der Waals surface area contributed by atoms with Gasteiger partial charge in [-0.1, -0.05) is 44.2 Å². The summed E-state index contributed by atoms with van der Waals surface area (Å²) in [5.74, 6) is 0.725. The van der Waals surface area contributed by atoms with E-state index in [4.69, 9.17) is 9.47 Å². The Morgan fingerprint density at radius 2 is 1.62 bits per heavy atom. The second kappa shape index (κ2) is 9.96. The van der Waals surface area contributed by atoms with Gasteiger partial charge < -0.3 is 9.47 Å². The van der Waals surface area contributed by atoms with Gasteiger partial charge in [-0.2, -0.15) is 0 Å². The van der Waals surface area contributed by atoms with Crippen LogP contribution in [0.4, 0.5) is 0 Å². The normalized spacial score (nSPS) is 11.7. The number of benzene rings is 2. The van der Waals surface area contributed by atoms with Crippen LogP contribution >= 0.6 is 0 Å².